The third-order valence-electron chi connectivity index (χ3n) is 3.52. The van der Waals surface area contributed by atoms with Crippen molar-refractivity contribution in [2.75, 3.05) is 13.1 Å². The van der Waals surface area contributed by atoms with Crippen LogP contribution in [0.4, 0.5) is 0 Å². The second-order valence-electron chi connectivity index (χ2n) is 6.43. The number of aromatic nitrogens is 3. The van der Waals surface area contributed by atoms with Crippen molar-refractivity contribution >= 4 is 5.96 Å². The molecule has 3 N–H and O–H groups in total. The smallest absolute Gasteiger partial charge is 0.191 e. The molecule has 0 unspecified atom stereocenters. The first-order valence-corrected chi connectivity index (χ1v) is 7.43. The molecular weight excluding hydrogens is 252 g/mol. The summed E-state index contributed by atoms with van der Waals surface area (Å²) in [5.74, 6) is 2.21. The van der Waals surface area contributed by atoms with E-state index in [0.29, 0.717) is 12.5 Å². The fourth-order valence-electron chi connectivity index (χ4n) is 2.26. The fourth-order valence-corrected chi connectivity index (χ4v) is 2.26. The van der Waals surface area contributed by atoms with Crippen LogP contribution in [0.15, 0.2) is 4.99 Å². The molecule has 0 bridgehead atoms. The molecule has 112 valence electrons. The van der Waals surface area contributed by atoms with Crippen LogP contribution in [0.2, 0.25) is 0 Å². The zero-order valence-corrected chi connectivity index (χ0v) is 12.8. The highest BCUT2D eigenvalue weighted by atomic mass is 15.3. The second-order valence-corrected chi connectivity index (χ2v) is 6.43. The van der Waals surface area contributed by atoms with E-state index in [2.05, 4.69) is 45.8 Å². The summed E-state index contributed by atoms with van der Waals surface area (Å²) < 4.78 is 0. The molecule has 1 saturated heterocycles. The standard InChI is InChI=1S/C14H26N6/c1-14(2,3)12-17-11(18-19-12)10-16-13(15)20-8-6-4-5-7-9-20/h4-10H2,1-3H3,(H2,15,16)(H,17,18,19). The van der Waals surface area contributed by atoms with E-state index in [-0.39, 0.29) is 5.41 Å². The summed E-state index contributed by atoms with van der Waals surface area (Å²) in [4.78, 5) is 11.1. The minimum absolute atomic E-state index is 0.0468. The van der Waals surface area contributed by atoms with Crippen LogP contribution in [0.25, 0.3) is 0 Å². The molecule has 0 atom stereocenters. The Morgan fingerprint density at radius 1 is 1.25 bits per heavy atom. The number of rotatable bonds is 2. The van der Waals surface area contributed by atoms with Crippen LogP contribution < -0.4 is 5.73 Å². The van der Waals surface area contributed by atoms with Crippen molar-refractivity contribution in [2.24, 2.45) is 10.7 Å². The summed E-state index contributed by atoms with van der Waals surface area (Å²) in [5.41, 5.74) is 6.03. The van der Waals surface area contributed by atoms with E-state index < -0.39 is 0 Å². The normalized spacial score (nSPS) is 18.1. The molecule has 1 aliphatic rings. The number of H-pyrrole nitrogens is 1. The minimum Gasteiger partial charge on any atom is -0.370 e. The first-order chi connectivity index (χ1) is 9.47. The minimum atomic E-state index is -0.0468. The van der Waals surface area contributed by atoms with Gasteiger partial charge in [-0.3, -0.25) is 5.10 Å². The lowest BCUT2D eigenvalue weighted by Crippen LogP contribution is -2.38. The van der Waals surface area contributed by atoms with E-state index in [1.807, 2.05) is 0 Å². The van der Waals surface area contributed by atoms with Gasteiger partial charge in [-0.15, -0.1) is 0 Å². The maximum Gasteiger partial charge on any atom is 0.191 e. The van der Waals surface area contributed by atoms with Crippen LogP contribution in [0.3, 0.4) is 0 Å². The molecule has 0 radical (unpaired) electrons. The molecule has 0 saturated carbocycles. The Kier molecular flexibility index (Phi) is 4.62. The van der Waals surface area contributed by atoms with Gasteiger partial charge in [0.25, 0.3) is 0 Å². The van der Waals surface area contributed by atoms with Crippen molar-refractivity contribution in [2.45, 2.75) is 58.4 Å². The summed E-state index contributed by atoms with van der Waals surface area (Å²) in [5, 5.41) is 7.17. The number of guanidine groups is 1. The Morgan fingerprint density at radius 2 is 1.90 bits per heavy atom. The topological polar surface area (TPSA) is 83.2 Å². The summed E-state index contributed by atoms with van der Waals surface area (Å²) in [6.07, 6.45) is 4.99. The molecule has 0 spiro atoms. The highest BCUT2D eigenvalue weighted by Gasteiger charge is 2.19. The predicted octanol–water partition coefficient (Wildman–Crippen LogP) is 1.79. The highest BCUT2D eigenvalue weighted by molar-refractivity contribution is 5.78. The SMILES string of the molecule is CC(C)(C)c1n[nH]c(CN=C(N)N2CCCCCC2)n1. The van der Waals surface area contributed by atoms with Gasteiger partial charge in [-0.2, -0.15) is 5.10 Å². The number of aliphatic imine (C=N–C) groups is 1. The molecule has 1 aromatic rings. The lowest BCUT2D eigenvalue weighted by molar-refractivity contribution is 0.428. The number of likely N-dealkylation sites (tertiary alicyclic amines) is 1. The van der Waals surface area contributed by atoms with E-state index in [4.69, 9.17) is 5.73 Å². The van der Waals surface area contributed by atoms with Crippen molar-refractivity contribution < 1.29 is 0 Å². The molecule has 2 heterocycles. The van der Waals surface area contributed by atoms with Gasteiger partial charge in [0.2, 0.25) is 0 Å². The van der Waals surface area contributed by atoms with Crippen LogP contribution in [0, 0.1) is 0 Å². The Morgan fingerprint density at radius 3 is 2.45 bits per heavy atom. The average molecular weight is 278 g/mol. The third kappa shape index (κ3) is 3.95. The summed E-state index contributed by atoms with van der Waals surface area (Å²) >= 11 is 0. The van der Waals surface area contributed by atoms with E-state index >= 15 is 0 Å². The Bertz CT molecular complexity index is 448. The van der Waals surface area contributed by atoms with Gasteiger partial charge >= 0.3 is 0 Å². The second kappa shape index (κ2) is 6.24. The van der Waals surface area contributed by atoms with Crippen molar-refractivity contribution in [3.05, 3.63) is 11.6 Å². The number of aromatic amines is 1. The predicted molar refractivity (Wildman–Crippen MR) is 80.5 cm³/mol. The van der Waals surface area contributed by atoms with Crippen molar-refractivity contribution in [1.29, 1.82) is 0 Å². The Balaban J connectivity index is 1.95. The number of nitrogens with one attached hydrogen (secondary N) is 1. The van der Waals surface area contributed by atoms with Crippen molar-refractivity contribution in [1.82, 2.24) is 20.1 Å². The number of hydrogen-bond acceptors (Lipinski definition) is 3. The van der Waals surface area contributed by atoms with Gasteiger partial charge in [0.15, 0.2) is 11.8 Å². The van der Waals surface area contributed by atoms with E-state index in [9.17, 15) is 0 Å². The largest absolute Gasteiger partial charge is 0.370 e. The van der Waals surface area contributed by atoms with Crippen LogP contribution in [0.5, 0.6) is 0 Å². The van der Waals surface area contributed by atoms with Crippen molar-refractivity contribution in [3.8, 4) is 0 Å². The maximum absolute atomic E-state index is 6.07. The number of nitrogens with two attached hydrogens (primary N) is 1. The van der Waals surface area contributed by atoms with E-state index in [1.54, 1.807) is 0 Å². The summed E-state index contributed by atoms with van der Waals surface area (Å²) in [6, 6.07) is 0. The molecule has 20 heavy (non-hydrogen) atoms. The monoisotopic (exact) mass is 278 g/mol. The zero-order chi connectivity index (χ0) is 14.6. The molecule has 1 aromatic heterocycles. The van der Waals surface area contributed by atoms with E-state index in [0.717, 1.165) is 24.7 Å². The molecule has 6 heteroatoms. The van der Waals surface area contributed by atoms with Gasteiger partial charge in [0, 0.05) is 18.5 Å². The molecule has 1 fully saturated rings. The fraction of sp³-hybridized carbons (Fsp3) is 0.786. The lowest BCUT2D eigenvalue weighted by atomic mass is 9.96. The summed E-state index contributed by atoms with van der Waals surface area (Å²) in [6.45, 7) is 8.77. The average Bonchev–Trinajstić information content (AvgIpc) is 2.70. The van der Waals surface area contributed by atoms with Crippen LogP contribution in [0.1, 0.15) is 58.1 Å². The maximum atomic E-state index is 6.07. The van der Waals surface area contributed by atoms with Crippen LogP contribution in [-0.4, -0.2) is 39.1 Å². The number of nitrogens with zero attached hydrogens (tertiary/aromatic N) is 4. The summed E-state index contributed by atoms with van der Waals surface area (Å²) in [7, 11) is 0. The number of hydrogen-bond donors (Lipinski definition) is 2. The first-order valence-electron chi connectivity index (χ1n) is 7.43. The molecule has 0 aliphatic carbocycles. The zero-order valence-electron chi connectivity index (χ0n) is 12.8. The van der Waals surface area contributed by atoms with Gasteiger partial charge in [0.1, 0.15) is 12.4 Å². The third-order valence-corrected chi connectivity index (χ3v) is 3.52. The van der Waals surface area contributed by atoms with Gasteiger partial charge in [-0.05, 0) is 12.8 Å². The van der Waals surface area contributed by atoms with Gasteiger partial charge < -0.3 is 10.6 Å². The Labute approximate surface area is 120 Å². The Hall–Kier alpha value is -1.59. The van der Waals surface area contributed by atoms with E-state index in [1.165, 1.54) is 25.7 Å². The van der Waals surface area contributed by atoms with Gasteiger partial charge in [-0.25, -0.2) is 9.98 Å². The molecule has 2 rings (SSSR count). The molecule has 6 nitrogen and oxygen atoms in total. The quantitative estimate of drug-likeness (QED) is 0.638. The highest BCUT2D eigenvalue weighted by Crippen LogP contribution is 2.17. The first kappa shape index (κ1) is 14.8. The van der Waals surface area contributed by atoms with Crippen molar-refractivity contribution in [3.63, 3.8) is 0 Å². The molecular formula is C14H26N6. The molecule has 1 aliphatic heterocycles. The van der Waals surface area contributed by atoms with Crippen LogP contribution >= 0.6 is 0 Å². The molecule has 0 amide bonds. The molecule has 0 aromatic carbocycles. The van der Waals surface area contributed by atoms with Gasteiger partial charge in [-0.1, -0.05) is 33.6 Å². The lowest BCUT2D eigenvalue weighted by Gasteiger charge is -2.20. The van der Waals surface area contributed by atoms with Crippen LogP contribution in [-0.2, 0) is 12.0 Å². The van der Waals surface area contributed by atoms with Gasteiger partial charge in [0.05, 0.1) is 0 Å².